The molecule has 57 heavy (non-hydrogen) atoms. The highest BCUT2D eigenvalue weighted by molar-refractivity contribution is 6.09. The highest BCUT2D eigenvalue weighted by atomic mass is 14.9. The Hall–Kier alpha value is -7.42. The molecule has 0 bridgehead atoms. The number of fused-ring (bicyclic) bond motifs is 14. The lowest BCUT2D eigenvalue weighted by Crippen LogP contribution is -2.26. The molecule has 2 aliphatic rings. The molecule has 0 atom stereocenters. The van der Waals surface area contributed by atoms with E-state index in [1.54, 1.807) is 0 Å². The van der Waals surface area contributed by atoms with Gasteiger partial charge in [-0.1, -0.05) is 188 Å². The molecule has 2 aliphatic carbocycles. The summed E-state index contributed by atoms with van der Waals surface area (Å²) in [5, 5.41) is 5.10. The minimum absolute atomic E-state index is 0.445. The van der Waals surface area contributed by atoms with E-state index in [4.69, 9.17) is 9.97 Å². The largest absolute Gasteiger partial charge is 0.228 e. The zero-order chi connectivity index (χ0) is 37.5. The van der Waals surface area contributed by atoms with Gasteiger partial charge in [0.05, 0.1) is 16.8 Å². The third kappa shape index (κ3) is 4.65. The maximum Gasteiger partial charge on any atom is 0.160 e. The summed E-state index contributed by atoms with van der Waals surface area (Å²) in [6.45, 7) is 0. The molecule has 1 heterocycles. The SMILES string of the molecule is c1ccc(-c2cc(-c3cccc(-c4ccc5c6c(ccc5c4)-c4ccc5ccccc5c4C64c5ccccc5-c5ccccc54)c3)nc(-c3ccccc3)n2)cc1. The predicted octanol–water partition coefficient (Wildman–Crippen LogP) is 13.8. The van der Waals surface area contributed by atoms with E-state index < -0.39 is 5.41 Å². The van der Waals surface area contributed by atoms with Crippen LogP contribution in [0.2, 0.25) is 0 Å². The van der Waals surface area contributed by atoms with Gasteiger partial charge < -0.3 is 0 Å². The van der Waals surface area contributed by atoms with Crippen molar-refractivity contribution in [2.75, 3.05) is 0 Å². The molecule has 264 valence electrons. The van der Waals surface area contributed by atoms with Gasteiger partial charge in [-0.25, -0.2) is 9.97 Å². The molecule has 0 radical (unpaired) electrons. The van der Waals surface area contributed by atoms with Crippen LogP contribution in [0.1, 0.15) is 22.3 Å². The van der Waals surface area contributed by atoms with E-state index in [2.05, 4.69) is 182 Å². The summed E-state index contributed by atoms with van der Waals surface area (Å²) in [6, 6.07) is 75.0. The fraction of sp³-hybridized carbons (Fsp3) is 0.0182. The number of aromatic nitrogens is 2. The predicted molar refractivity (Wildman–Crippen MR) is 235 cm³/mol. The van der Waals surface area contributed by atoms with Crippen molar-refractivity contribution in [3.05, 3.63) is 229 Å². The lowest BCUT2D eigenvalue weighted by Gasteiger charge is -2.32. The molecule has 12 rings (SSSR count). The van der Waals surface area contributed by atoms with Crippen molar-refractivity contribution in [2.24, 2.45) is 0 Å². The molecule has 1 aromatic heterocycles. The van der Waals surface area contributed by atoms with Crippen molar-refractivity contribution in [3.63, 3.8) is 0 Å². The van der Waals surface area contributed by atoms with Crippen molar-refractivity contribution >= 4 is 21.5 Å². The Morgan fingerprint density at radius 3 is 1.54 bits per heavy atom. The first kappa shape index (κ1) is 31.9. The van der Waals surface area contributed by atoms with E-state index >= 15 is 0 Å². The first-order valence-electron chi connectivity index (χ1n) is 19.7. The minimum Gasteiger partial charge on any atom is -0.228 e. The van der Waals surface area contributed by atoms with Crippen molar-refractivity contribution in [1.29, 1.82) is 0 Å². The Kier molecular flexibility index (Phi) is 6.88. The topological polar surface area (TPSA) is 25.8 Å². The molecular formula is C55H34N2. The molecule has 0 unspecified atom stereocenters. The van der Waals surface area contributed by atoms with Gasteiger partial charge in [-0.3, -0.25) is 0 Å². The molecule has 9 aromatic carbocycles. The Morgan fingerprint density at radius 1 is 0.298 bits per heavy atom. The van der Waals surface area contributed by atoms with Gasteiger partial charge in [-0.2, -0.15) is 0 Å². The van der Waals surface area contributed by atoms with Crippen LogP contribution in [-0.2, 0) is 5.41 Å². The van der Waals surface area contributed by atoms with Gasteiger partial charge in [0.15, 0.2) is 5.82 Å². The summed E-state index contributed by atoms with van der Waals surface area (Å²) in [6.07, 6.45) is 0. The first-order valence-corrected chi connectivity index (χ1v) is 19.7. The minimum atomic E-state index is -0.445. The average molecular weight is 723 g/mol. The number of benzene rings is 9. The van der Waals surface area contributed by atoms with Crippen LogP contribution in [0.5, 0.6) is 0 Å². The smallest absolute Gasteiger partial charge is 0.160 e. The molecule has 0 N–H and O–H groups in total. The molecule has 2 heteroatoms. The standard InChI is InChI=1S/C55H34N2/c1-3-15-36(16-4-1)50-34-51(57-54(56-50)37-17-5-2-6-18-37)41-20-13-19-38(33-41)39-27-29-43-40(32-39)28-31-47-46-30-26-35-14-7-8-21-42(35)52(46)55(53(43)47)48-24-11-9-22-44(48)45-23-10-12-25-49(45)55/h1-34H. The van der Waals surface area contributed by atoms with Crippen LogP contribution in [0.4, 0.5) is 0 Å². The van der Waals surface area contributed by atoms with Gasteiger partial charge in [0.1, 0.15) is 0 Å². The maximum atomic E-state index is 5.13. The number of rotatable bonds is 4. The van der Waals surface area contributed by atoms with Crippen LogP contribution >= 0.6 is 0 Å². The van der Waals surface area contributed by atoms with Gasteiger partial charge in [-0.05, 0) is 95.4 Å². The fourth-order valence-electron chi connectivity index (χ4n) is 9.86. The Bertz CT molecular complexity index is 3130. The Balaban J connectivity index is 1.05. The van der Waals surface area contributed by atoms with Crippen molar-refractivity contribution in [1.82, 2.24) is 9.97 Å². The van der Waals surface area contributed by atoms with Crippen molar-refractivity contribution < 1.29 is 0 Å². The molecule has 0 fully saturated rings. The molecule has 0 amide bonds. The van der Waals surface area contributed by atoms with E-state index in [-0.39, 0.29) is 0 Å². The lowest BCUT2D eigenvalue weighted by atomic mass is 9.68. The summed E-state index contributed by atoms with van der Waals surface area (Å²) in [5.41, 5.74) is 17.6. The molecule has 0 aliphatic heterocycles. The van der Waals surface area contributed by atoms with E-state index in [1.807, 2.05) is 24.3 Å². The average Bonchev–Trinajstić information content (AvgIpc) is 3.77. The second kappa shape index (κ2) is 12.3. The van der Waals surface area contributed by atoms with Crippen LogP contribution in [0.3, 0.4) is 0 Å². The number of hydrogen-bond donors (Lipinski definition) is 0. The van der Waals surface area contributed by atoms with Crippen LogP contribution in [0, 0.1) is 0 Å². The van der Waals surface area contributed by atoms with Crippen LogP contribution in [0.25, 0.3) is 88.8 Å². The zero-order valence-electron chi connectivity index (χ0n) is 31.0. The van der Waals surface area contributed by atoms with E-state index in [9.17, 15) is 0 Å². The van der Waals surface area contributed by atoms with Crippen molar-refractivity contribution in [3.8, 4) is 67.3 Å². The molecule has 1 spiro atoms. The lowest BCUT2D eigenvalue weighted by molar-refractivity contribution is 0.809. The summed E-state index contributed by atoms with van der Waals surface area (Å²) in [7, 11) is 0. The molecule has 10 aromatic rings. The maximum absolute atomic E-state index is 5.13. The van der Waals surface area contributed by atoms with E-state index in [1.165, 1.54) is 71.6 Å². The number of hydrogen-bond acceptors (Lipinski definition) is 2. The monoisotopic (exact) mass is 722 g/mol. The van der Waals surface area contributed by atoms with E-state index in [0.717, 1.165) is 39.5 Å². The zero-order valence-corrected chi connectivity index (χ0v) is 31.0. The van der Waals surface area contributed by atoms with Crippen LogP contribution in [0.15, 0.2) is 206 Å². The summed E-state index contributed by atoms with van der Waals surface area (Å²) < 4.78 is 0. The fourth-order valence-corrected chi connectivity index (χ4v) is 9.86. The quantitative estimate of drug-likeness (QED) is 0.181. The molecule has 0 saturated carbocycles. The summed E-state index contributed by atoms with van der Waals surface area (Å²) in [4.78, 5) is 10.2. The Labute approximate surface area is 331 Å². The number of nitrogens with zero attached hydrogens (tertiary/aromatic N) is 2. The third-order valence-electron chi connectivity index (χ3n) is 12.3. The van der Waals surface area contributed by atoms with E-state index in [0.29, 0.717) is 0 Å². The summed E-state index contributed by atoms with van der Waals surface area (Å²) >= 11 is 0. The van der Waals surface area contributed by atoms with Gasteiger partial charge >= 0.3 is 0 Å². The second-order valence-corrected chi connectivity index (χ2v) is 15.2. The molecule has 2 nitrogen and oxygen atoms in total. The highest BCUT2D eigenvalue weighted by Gasteiger charge is 2.53. The molecule has 0 saturated heterocycles. The highest BCUT2D eigenvalue weighted by Crippen LogP contribution is 2.65. The summed E-state index contributed by atoms with van der Waals surface area (Å²) in [5.74, 6) is 0.717. The van der Waals surface area contributed by atoms with Crippen molar-refractivity contribution in [2.45, 2.75) is 5.41 Å². The first-order chi connectivity index (χ1) is 28.3. The van der Waals surface area contributed by atoms with Crippen LogP contribution < -0.4 is 0 Å². The van der Waals surface area contributed by atoms with Gasteiger partial charge in [-0.15, -0.1) is 0 Å². The van der Waals surface area contributed by atoms with Crippen LogP contribution in [-0.4, -0.2) is 9.97 Å². The van der Waals surface area contributed by atoms with Gasteiger partial charge in [0, 0.05) is 16.7 Å². The van der Waals surface area contributed by atoms with Gasteiger partial charge in [0.2, 0.25) is 0 Å². The third-order valence-corrected chi connectivity index (χ3v) is 12.3. The second-order valence-electron chi connectivity index (χ2n) is 15.2. The molecular weight excluding hydrogens is 689 g/mol. The van der Waals surface area contributed by atoms with Gasteiger partial charge in [0.25, 0.3) is 0 Å². The normalized spacial score (nSPS) is 13.1. The Morgan fingerprint density at radius 2 is 0.825 bits per heavy atom.